The zero-order valence-corrected chi connectivity index (χ0v) is 10.3. The van der Waals surface area contributed by atoms with Gasteiger partial charge >= 0.3 is 5.69 Å². The van der Waals surface area contributed by atoms with E-state index in [1.165, 1.54) is 10.8 Å². The first-order chi connectivity index (χ1) is 7.68. The summed E-state index contributed by atoms with van der Waals surface area (Å²) in [6, 6.07) is 0. The molecule has 0 bridgehead atoms. The lowest BCUT2D eigenvalue weighted by Gasteiger charge is -2.09. The summed E-state index contributed by atoms with van der Waals surface area (Å²) in [6.07, 6.45) is 4.34. The number of hydrogen-bond acceptors (Lipinski definition) is 3. The Kier molecular flexibility index (Phi) is 3.60. The Balaban J connectivity index is 2.11. The number of H-pyrrole nitrogens is 1. The van der Waals surface area contributed by atoms with Gasteiger partial charge in [-0.25, -0.2) is 4.79 Å². The molecule has 1 saturated heterocycles. The van der Waals surface area contributed by atoms with Crippen LogP contribution in [0.5, 0.6) is 0 Å². The van der Waals surface area contributed by atoms with E-state index >= 15 is 0 Å². The lowest BCUT2D eigenvalue weighted by Crippen LogP contribution is -2.35. The number of halogens is 1. The average Bonchev–Trinajstić information content (AvgIpc) is 2.77. The Morgan fingerprint density at radius 1 is 1.56 bits per heavy atom. The first-order valence-electron chi connectivity index (χ1n) is 5.28. The van der Waals surface area contributed by atoms with Gasteiger partial charge in [-0.3, -0.25) is 9.36 Å². The van der Waals surface area contributed by atoms with E-state index in [0.717, 1.165) is 19.4 Å². The smallest absolute Gasteiger partial charge is 0.328 e. The first kappa shape index (κ1) is 11.6. The maximum absolute atomic E-state index is 11.6. The average molecular weight is 289 g/mol. The number of nitrogens with one attached hydrogen (secondary N) is 1. The molecule has 0 amide bonds. The van der Waals surface area contributed by atoms with Crippen molar-refractivity contribution in [1.29, 1.82) is 0 Å². The van der Waals surface area contributed by atoms with E-state index < -0.39 is 0 Å². The van der Waals surface area contributed by atoms with Crippen molar-refractivity contribution in [3.05, 3.63) is 31.5 Å². The minimum atomic E-state index is -0.369. The van der Waals surface area contributed by atoms with Crippen LogP contribution in [-0.2, 0) is 11.3 Å². The third-order valence-electron chi connectivity index (χ3n) is 2.72. The van der Waals surface area contributed by atoms with Crippen molar-refractivity contribution in [1.82, 2.24) is 9.55 Å². The van der Waals surface area contributed by atoms with E-state index in [2.05, 4.69) is 20.9 Å². The minimum absolute atomic E-state index is 0.185. The third-order valence-corrected chi connectivity index (χ3v) is 3.28. The van der Waals surface area contributed by atoms with Gasteiger partial charge in [0.2, 0.25) is 0 Å². The first-order valence-corrected chi connectivity index (χ1v) is 6.07. The van der Waals surface area contributed by atoms with Crippen LogP contribution in [0.1, 0.15) is 19.3 Å². The van der Waals surface area contributed by atoms with Crippen LogP contribution in [0.15, 0.2) is 20.3 Å². The molecule has 1 atom stereocenters. The highest BCUT2D eigenvalue weighted by Gasteiger charge is 2.16. The molecule has 0 aromatic carbocycles. The normalized spacial score (nSPS) is 20.2. The molecule has 5 nitrogen and oxygen atoms in total. The van der Waals surface area contributed by atoms with E-state index in [0.29, 0.717) is 17.4 Å². The molecule has 1 N–H and O–H groups in total. The lowest BCUT2D eigenvalue weighted by molar-refractivity contribution is 0.0997. The van der Waals surface area contributed by atoms with Gasteiger partial charge in [0, 0.05) is 19.3 Å². The number of nitrogens with zero attached hydrogens (tertiary/aromatic N) is 1. The van der Waals surface area contributed by atoms with Crippen molar-refractivity contribution in [2.24, 2.45) is 0 Å². The molecule has 2 heterocycles. The lowest BCUT2D eigenvalue weighted by atomic mass is 10.2. The highest BCUT2D eigenvalue weighted by molar-refractivity contribution is 9.10. The van der Waals surface area contributed by atoms with E-state index in [1.54, 1.807) is 0 Å². The van der Waals surface area contributed by atoms with Gasteiger partial charge in [0.25, 0.3) is 5.56 Å². The Bertz CT molecular complexity index is 474. The van der Waals surface area contributed by atoms with E-state index in [-0.39, 0.29) is 17.4 Å². The molecule has 88 valence electrons. The van der Waals surface area contributed by atoms with E-state index in [1.807, 2.05) is 0 Å². The summed E-state index contributed by atoms with van der Waals surface area (Å²) in [5, 5.41) is 0. The van der Waals surface area contributed by atoms with Gasteiger partial charge < -0.3 is 9.72 Å². The van der Waals surface area contributed by atoms with Gasteiger partial charge in [-0.1, -0.05) is 0 Å². The summed E-state index contributed by atoms with van der Waals surface area (Å²) >= 11 is 3.10. The Morgan fingerprint density at radius 3 is 3.06 bits per heavy atom. The molecule has 6 heteroatoms. The second-order valence-corrected chi connectivity index (χ2v) is 4.68. The number of ether oxygens (including phenoxy) is 1. The molecule has 0 aliphatic carbocycles. The quantitative estimate of drug-likeness (QED) is 0.898. The molecule has 1 aliphatic rings. The minimum Gasteiger partial charge on any atom is -0.378 e. The Morgan fingerprint density at radius 2 is 2.38 bits per heavy atom. The van der Waals surface area contributed by atoms with Crippen LogP contribution in [0, 0.1) is 0 Å². The van der Waals surface area contributed by atoms with E-state index in [9.17, 15) is 9.59 Å². The number of aromatic nitrogens is 2. The molecule has 0 spiro atoms. The summed E-state index contributed by atoms with van der Waals surface area (Å²) < 4.78 is 7.02. The molecule has 2 rings (SSSR count). The fourth-order valence-corrected chi connectivity index (χ4v) is 2.16. The monoisotopic (exact) mass is 288 g/mol. The molecular formula is C10H13BrN2O3. The maximum Gasteiger partial charge on any atom is 0.328 e. The van der Waals surface area contributed by atoms with Gasteiger partial charge in [0.1, 0.15) is 0 Å². The second-order valence-electron chi connectivity index (χ2n) is 3.82. The van der Waals surface area contributed by atoms with Gasteiger partial charge in [-0.15, -0.1) is 0 Å². The maximum atomic E-state index is 11.6. The van der Waals surface area contributed by atoms with Gasteiger partial charge in [-0.05, 0) is 35.2 Å². The van der Waals surface area contributed by atoms with Crippen molar-refractivity contribution in [2.45, 2.75) is 31.9 Å². The number of aromatic amines is 1. The molecule has 0 saturated carbocycles. The highest BCUT2D eigenvalue weighted by atomic mass is 79.9. The van der Waals surface area contributed by atoms with Crippen LogP contribution in [0.25, 0.3) is 0 Å². The second kappa shape index (κ2) is 4.97. The molecule has 0 radical (unpaired) electrons. The van der Waals surface area contributed by atoms with Crippen LogP contribution in [0.4, 0.5) is 0 Å². The van der Waals surface area contributed by atoms with Crippen molar-refractivity contribution in [3.63, 3.8) is 0 Å². The molecule has 1 unspecified atom stereocenters. The number of rotatable bonds is 3. The standard InChI is InChI=1S/C10H13BrN2O3/c11-8-6-12-10(15)13(9(8)14)4-3-7-2-1-5-16-7/h6-7H,1-5H2,(H,12,15). The number of hydrogen-bond donors (Lipinski definition) is 1. The zero-order chi connectivity index (χ0) is 11.5. The summed E-state index contributed by atoms with van der Waals surface area (Å²) in [7, 11) is 0. The van der Waals surface area contributed by atoms with Crippen LogP contribution in [0.2, 0.25) is 0 Å². The summed E-state index contributed by atoms with van der Waals surface area (Å²) in [5.41, 5.74) is -0.659. The topological polar surface area (TPSA) is 64.1 Å². The zero-order valence-electron chi connectivity index (χ0n) is 8.74. The fraction of sp³-hybridized carbons (Fsp3) is 0.600. The molecule has 1 aliphatic heterocycles. The van der Waals surface area contributed by atoms with Crippen LogP contribution < -0.4 is 11.2 Å². The van der Waals surface area contributed by atoms with Crippen molar-refractivity contribution < 1.29 is 4.74 Å². The Labute approximate surface area is 101 Å². The summed E-state index contributed by atoms with van der Waals surface area (Å²) in [6.45, 7) is 1.19. The van der Waals surface area contributed by atoms with Crippen LogP contribution in [-0.4, -0.2) is 22.3 Å². The van der Waals surface area contributed by atoms with Gasteiger partial charge in [-0.2, -0.15) is 0 Å². The van der Waals surface area contributed by atoms with Crippen molar-refractivity contribution >= 4 is 15.9 Å². The largest absolute Gasteiger partial charge is 0.378 e. The summed E-state index contributed by atoms with van der Waals surface area (Å²) in [4.78, 5) is 25.6. The molecular weight excluding hydrogens is 276 g/mol. The Hall–Kier alpha value is -0.880. The molecule has 1 fully saturated rings. The highest BCUT2D eigenvalue weighted by Crippen LogP contribution is 2.15. The van der Waals surface area contributed by atoms with Crippen LogP contribution >= 0.6 is 15.9 Å². The SMILES string of the molecule is O=c1[nH]cc(Br)c(=O)n1CCC1CCCO1. The molecule has 1 aromatic rings. The third kappa shape index (κ3) is 2.44. The van der Waals surface area contributed by atoms with Crippen molar-refractivity contribution in [3.8, 4) is 0 Å². The van der Waals surface area contributed by atoms with Gasteiger partial charge in [0.15, 0.2) is 0 Å². The molecule has 16 heavy (non-hydrogen) atoms. The van der Waals surface area contributed by atoms with E-state index in [4.69, 9.17) is 4.74 Å². The van der Waals surface area contributed by atoms with Crippen LogP contribution in [0.3, 0.4) is 0 Å². The predicted molar refractivity (Wildman–Crippen MR) is 62.6 cm³/mol. The summed E-state index contributed by atoms with van der Waals surface area (Å²) in [5.74, 6) is 0. The molecule has 1 aromatic heterocycles. The fourth-order valence-electron chi connectivity index (χ4n) is 1.83. The van der Waals surface area contributed by atoms with Crippen molar-refractivity contribution in [2.75, 3.05) is 6.61 Å². The predicted octanol–water partition coefficient (Wildman–Crippen LogP) is 0.868. The van der Waals surface area contributed by atoms with Gasteiger partial charge in [0.05, 0.1) is 10.6 Å².